The fourth-order valence-corrected chi connectivity index (χ4v) is 2.64. The molecular weight excluding hydrogens is 364 g/mol. The number of carbonyl (C=O) groups is 1. The van der Waals surface area contributed by atoms with E-state index in [-0.39, 0.29) is 12.5 Å². The summed E-state index contributed by atoms with van der Waals surface area (Å²) in [6, 6.07) is 23.4. The maximum absolute atomic E-state index is 12.0. The molecular formula is C24H24N2O3. The van der Waals surface area contributed by atoms with Gasteiger partial charge in [0, 0.05) is 0 Å². The van der Waals surface area contributed by atoms with Gasteiger partial charge < -0.3 is 9.47 Å². The zero-order valence-electron chi connectivity index (χ0n) is 16.6. The number of hydrogen-bond acceptors (Lipinski definition) is 4. The molecule has 148 valence electrons. The lowest BCUT2D eigenvalue weighted by Gasteiger charge is -2.09. The summed E-state index contributed by atoms with van der Waals surface area (Å²) in [7, 11) is 0. The van der Waals surface area contributed by atoms with E-state index in [1.807, 2.05) is 86.6 Å². The van der Waals surface area contributed by atoms with Gasteiger partial charge >= 0.3 is 0 Å². The molecule has 5 nitrogen and oxygen atoms in total. The van der Waals surface area contributed by atoms with E-state index in [1.54, 1.807) is 6.21 Å². The van der Waals surface area contributed by atoms with Crippen LogP contribution in [0.2, 0.25) is 0 Å². The minimum absolute atomic E-state index is 0.0954. The molecule has 0 atom stereocenters. The first-order valence-electron chi connectivity index (χ1n) is 9.39. The van der Waals surface area contributed by atoms with Crippen molar-refractivity contribution in [3.63, 3.8) is 0 Å². The molecule has 0 bridgehead atoms. The van der Waals surface area contributed by atoms with E-state index in [9.17, 15) is 4.79 Å². The molecule has 0 spiro atoms. The normalized spacial score (nSPS) is 10.7. The molecule has 0 saturated carbocycles. The molecule has 3 aromatic carbocycles. The first-order chi connectivity index (χ1) is 14.1. The van der Waals surface area contributed by atoms with Crippen LogP contribution in [-0.2, 0) is 11.4 Å². The molecule has 0 aliphatic carbocycles. The van der Waals surface area contributed by atoms with Crippen molar-refractivity contribution in [2.75, 3.05) is 6.61 Å². The van der Waals surface area contributed by atoms with E-state index in [4.69, 9.17) is 9.47 Å². The van der Waals surface area contributed by atoms with E-state index < -0.39 is 0 Å². The third-order valence-electron chi connectivity index (χ3n) is 4.21. The van der Waals surface area contributed by atoms with Gasteiger partial charge in [-0.25, -0.2) is 5.43 Å². The lowest BCUT2D eigenvalue weighted by molar-refractivity contribution is -0.123. The van der Waals surface area contributed by atoms with Crippen LogP contribution in [0.5, 0.6) is 11.5 Å². The highest BCUT2D eigenvalue weighted by Gasteiger charge is 2.04. The highest BCUT2D eigenvalue weighted by Crippen LogP contribution is 2.18. The summed E-state index contributed by atoms with van der Waals surface area (Å²) >= 11 is 0. The number of aryl methyl sites for hydroxylation is 2. The van der Waals surface area contributed by atoms with Gasteiger partial charge in [0.25, 0.3) is 5.91 Å². The second-order valence-electron chi connectivity index (χ2n) is 6.70. The molecule has 0 saturated heterocycles. The number of hydrogen-bond donors (Lipinski definition) is 1. The molecule has 0 fully saturated rings. The highest BCUT2D eigenvalue weighted by atomic mass is 16.5. The van der Waals surface area contributed by atoms with Crippen molar-refractivity contribution >= 4 is 12.1 Å². The Balaban J connectivity index is 1.48. The number of nitrogens with one attached hydrogen (secondary N) is 1. The fourth-order valence-electron chi connectivity index (χ4n) is 2.64. The first-order valence-corrected chi connectivity index (χ1v) is 9.39. The van der Waals surface area contributed by atoms with Gasteiger partial charge in [-0.05, 0) is 54.3 Å². The van der Waals surface area contributed by atoms with E-state index in [1.165, 1.54) is 0 Å². The quantitative estimate of drug-likeness (QED) is 0.459. The molecule has 5 heteroatoms. The van der Waals surface area contributed by atoms with Gasteiger partial charge in [-0.3, -0.25) is 4.79 Å². The minimum Gasteiger partial charge on any atom is -0.489 e. The van der Waals surface area contributed by atoms with Gasteiger partial charge in [0.05, 0.1) is 6.21 Å². The van der Waals surface area contributed by atoms with E-state index in [0.29, 0.717) is 12.4 Å². The summed E-state index contributed by atoms with van der Waals surface area (Å²) in [5, 5.41) is 3.99. The van der Waals surface area contributed by atoms with Gasteiger partial charge in [-0.2, -0.15) is 5.10 Å². The predicted molar refractivity (Wildman–Crippen MR) is 114 cm³/mol. The van der Waals surface area contributed by atoms with Crippen molar-refractivity contribution in [2.24, 2.45) is 5.10 Å². The second-order valence-corrected chi connectivity index (χ2v) is 6.70. The average molecular weight is 388 g/mol. The molecule has 0 radical (unpaired) electrons. The Labute approximate surface area is 171 Å². The van der Waals surface area contributed by atoms with Crippen molar-refractivity contribution in [3.8, 4) is 11.5 Å². The third kappa shape index (κ3) is 6.50. The number of carbonyl (C=O) groups excluding carboxylic acids is 1. The van der Waals surface area contributed by atoms with Gasteiger partial charge in [-0.15, -0.1) is 0 Å². The molecule has 3 aromatic rings. The summed E-state index contributed by atoms with van der Waals surface area (Å²) < 4.78 is 11.4. The van der Waals surface area contributed by atoms with Gasteiger partial charge in [0.1, 0.15) is 18.1 Å². The minimum atomic E-state index is -0.321. The largest absolute Gasteiger partial charge is 0.489 e. The van der Waals surface area contributed by atoms with Crippen LogP contribution >= 0.6 is 0 Å². The van der Waals surface area contributed by atoms with Crippen LogP contribution in [0.15, 0.2) is 77.9 Å². The van der Waals surface area contributed by atoms with Crippen LogP contribution in [0, 0.1) is 13.8 Å². The molecule has 0 aromatic heterocycles. The molecule has 0 heterocycles. The topological polar surface area (TPSA) is 59.9 Å². The van der Waals surface area contributed by atoms with Crippen LogP contribution in [0.25, 0.3) is 0 Å². The maximum Gasteiger partial charge on any atom is 0.277 e. The summed E-state index contributed by atoms with van der Waals surface area (Å²) in [5.74, 6) is 1.12. The third-order valence-corrected chi connectivity index (χ3v) is 4.21. The van der Waals surface area contributed by atoms with Crippen molar-refractivity contribution in [1.82, 2.24) is 5.43 Å². The first kappa shape index (κ1) is 20.1. The Bertz CT molecular complexity index is 984. The summed E-state index contributed by atoms with van der Waals surface area (Å²) in [6.45, 7) is 4.32. The number of rotatable bonds is 8. The molecule has 0 aliphatic rings. The highest BCUT2D eigenvalue weighted by molar-refractivity contribution is 5.83. The number of nitrogens with zero attached hydrogens (tertiary/aromatic N) is 1. The monoisotopic (exact) mass is 388 g/mol. The molecule has 0 unspecified atom stereocenters. The SMILES string of the molecule is Cc1ccc(C)c(OCC(=O)N/N=C/c2cccc(OCc3ccccc3)c2)c1. The molecule has 29 heavy (non-hydrogen) atoms. The van der Waals surface area contributed by atoms with Crippen LogP contribution in [0.4, 0.5) is 0 Å². The lowest BCUT2D eigenvalue weighted by Crippen LogP contribution is -2.24. The molecule has 3 rings (SSSR count). The van der Waals surface area contributed by atoms with Crippen molar-refractivity contribution in [1.29, 1.82) is 0 Å². The summed E-state index contributed by atoms with van der Waals surface area (Å²) in [4.78, 5) is 12.0. The van der Waals surface area contributed by atoms with Crippen LogP contribution in [0.1, 0.15) is 22.3 Å². The van der Waals surface area contributed by atoms with Gasteiger partial charge in [0.15, 0.2) is 6.61 Å². The predicted octanol–water partition coefficient (Wildman–Crippen LogP) is 4.41. The number of ether oxygens (including phenoxy) is 2. The molecule has 1 amide bonds. The standard InChI is InChI=1S/C24H24N2O3/c1-18-11-12-19(2)23(13-18)29-17-24(27)26-25-15-21-9-6-10-22(14-21)28-16-20-7-4-3-5-8-20/h3-15H,16-17H2,1-2H3,(H,26,27)/b25-15+. The lowest BCUT2D eigenvalue weighted by atomic mass is 10.1. The van der Waals surface area contributed by atoms with Gasteiger partial charge in [0.2, 0.25) is 0 Å². The van der Waals surface area contributed by atoms with Crippen LogP contribution in [0.3, 0.4) is 0 Å². The Morgan fingerprint density at radius 2 is 1.79 bits per heavy atom. The van der Waals surface area contributed by atoms with Gasteiger partial charge in [-0.1, -0.05) is 54.6 Å². The molecule has 0 aliphatic heterocycles. The van der Waals surface area contributed by atoms with Crippen molar-refractivity contribution < 1.29 is 14.3 Å². The average Bonchev–Trinajstić information content (AvgIpc) is 2.74. The summed E-state index contributed by atoms with van der Waals surface area (Å²) in [5.41, 5.74) is 6.47. The van der Waals surface area contributed by atoms with Crippen molar-refractivity contribution in [2.45, 2.75) is 20.5 Å². The zero-order valence-corrected chi connectivity index (χ0v) is 16.6. The van der Waals surface area contributed by atoms with Crippen molar-refractivity contribution in [3.05, 3.63) is 95.1 Å². The molecule has 1 N–H and O–H groups in total. The second kappa shape index (κ2) is 10.1. The van der Waals surface area contributed by atoms with E-state index >= 15 is 0 Å². The van der Waals surface area contributed by atoms with Crippen LogP contribution in [-0.4, -0.2) is 18.7 Å². The smallest absolute Gasteiger partial charge is 0.277 e. The van der Waals surface area contributed by atoms with E-state index in [0.717, 1.165) is 28.0 Å². The van der Waals surface area contributed by atoms with Crippen LogP contribution < -0.4 is 14.9 Å². The Hall–Kier alpha value is -3.60. The summed E-state index contributed by atoms with van der Waals surface area (Å²) in [6.07, 6.45) is 1.57. The number of hydrazone groups is 1. The Morgan fingerprint density at radius 1 is 0.966 bits per heavy atom. The maximum atomic E-state index is 12.0. The van der Waals surface area contributed by atoms with E-state index in [2.05, 4.69) is 10.5 Å². The Morgan fingerprint density at radius 3 is 2.62 bits per heavy atom. The number of benzene rings is 3. The fraction of sp³-hybridized carbons (Fsp3) is 0.167. The Kier molecular flexibility index (Phi) is 7.00. The number of amides is 1. The zero-order chi connectivity index (χ0) is 20.5.